The standard InChI is InChI=1S/C14H20N4O4/c1-2-15-14(21)16-12(19)9-17-4-6-18(7-5-17)13(20)11-3-8-22-10-11/h3,8,10H,2,4-7,9H2,1H3,(H2,15,16,19,21). The van der Waals surface area contributed by atoms with Gasteiger partial charge in [-0.25, -0.2) is 4.79 Å². The monoisotopic (exact) mass is 308 g/mol. The molecule has 0 unspecified atom stereocenters. The van der Waals surface area contributed by atoms with E-state index < -0.39 is 6.03 Å². The molecule has 8 nitrogen and oxygen atoms in total. The molecule has 1 fully saturated rings. The first kappa shape index (κ1) is 16.0. The van der Waals surface area contributed by atoms with Crippen molar-refractivity contribution in [3.8, 4) is 0 Å². The molecule has 0 aliphatic carbocycles. The highest BCUT2D eigenvalue weighted by molar-refractivity contribution is 5.95. The zero-order chi connectivity index (χ0) is 15.9. The van der Waals surface area contributed by atoms with Crippen LogP contribution in [-0.4, -0.2) is 66.9 Å². The van der Waals surface area contributed by atoms with Gasteiger partial charge in [0.2, 0.25) is 5.91 Å². The van der Waals surface area contributed by atoms with Gasteiger partial charge in [-0.05, 0) is 13.0 Å². The van der Waals surface area contributed by atoms with Gasteiger partial charge in [-0.3, -0.25) is 19.8 Å². The zero-order valence-corrected chi connectivity index (χ0v) is 12.5. The summed E-state index contributed by atoms with van der Waals surface area (Å²) in [4.78, 5) is 38.7. The van der Waals surface area contributed by atoms with E-state index in [2.05, 4.69) is 10.6 Å². The highest BCUT2D eigenvalue weighted by atomic mass is 16.3. The molecular weight excluding hydrogens is 288 g/mol. The average molecular weight is 308 g/mol. The van der Waals surface area contributed by atoms with Crippen LogP contribution in [0.15, 0.2) is 23.0 Å². The Morgan fingerprint density at radius 3 is 2.55 bits per heavy atom. The number of carbonyl (C=O) groups excluding carboxylic acids is 3. The Bertz CT molecular complexity index is 521. The molecule has 4 amide bonds. The summed E-state index contributed by atoms with van der Waals surface area (Å²) in [5, 5.41) is 4.76. The number of rotatable bonds is 4. The van der Waals surface area contributed by atoms with Crippen LogP contribution in [-0.2, 0) is 4.79 Å². The second-order valence-corrected chi connectivity index (χ2v) is 4.99. The van der Waals surface area contributed by atoms with Crippen LogP contribution in [0.5, 0.6) is 0 Å². The quantitative estimate of drug-likeness (QED) is 0.809. The van der Waals surface area contributed by atoms with Gasteiger partial charge in [0.15, 0.2) is 0 Å². The normalized spacial score (nSPS) is 15.4. The third-order valence-corrected chi connectivity index (χ3v) is 3.39. The third kappa shape index (κ3) is 4.32. The van der Waals surface area contributed by atoms with Gasteiger partial charge in [-0.15, -0.1) is 0 Å². The first-order chi connectivity index (χ1) is 10.6. The van der Waals surface area contributed by atoms with Crippen LogP contribution in [0, 0.1) is 0 Å². The molecule has 0 atom stereocenters. The van der Waals surface area contributed by atoms with Crippen molar-refractivity contribution in [2.75, 3.05) is 39.3 Å². The lowest BCUT2D eigenvalue weighted by molar-refractivity contribution is -0.121. The molecule has 2 rings (SSSR count). The topological polar surface area (TPSA) is 94.9 Å². The van der Waals surface area contributed by atoms with Crippen LogP contribution >= 0.6 is 0 Å². The Morgan fingerprint density at radius 2 is 1.95 bits per heavy atom. The molecule has 2 N–H and O–H groups in total. The molecule has 1 aliphatic rings. The van der Waals surface area contributed by atoms with Crippen LogP contribution in [0.4, 0.5) is 4.79 Å². The molecule has 0 saturated carbocycles. The lowest BCUT2D eigenvalue weighted by Gasteiger charge is -2.34. The molecule has 1 aromatic heterocycles. The van der Waals surface area contributed by atoms with Gasteiger partial charge in [-0.2, -0.15) is 0 Å². The van der Waals surface area contributed by atoms with Crippen molar-refractivity contribution in [3.63, 3.8) is 0 Å². The molecule has 22 heavy (non-hydrogen) atoms. The minimum absolute atomic E-state index is 0.0693. The van der Waals surface area contributed by atoms with Gasteiger partial charge < -0.3 is 14.6 Å². The van der Waals surface area contributed by atoms with E-state index in [0.29, 0.717) is 38.3 Å². The molecule has 1 aliphatic heterocycles. The van der Waals surface area contributed by atoms with E-state index in [1.165, 1.54) is 12.5 Å². The lowest BCUT2D eigenvalue weighted by Crippen LogP contribution is -2.52. The van der Waals surface area contributed by atoms with Crippen molar-refractivity contribution in [2.45, 2.75) is 6.92 Å². The van der Waals surface area contributed by atoms with Crippen LogP contribution in [0.25, 0.3) is 0 Å². The Labute approximate surface area is 128 Å². The predicted octanol–water partition coefficient (Wildman–Crippen LogP) is -0.117. The Hall–Kier alpha value is -2.35. The van der Waals surface area contributed by atoms with Gasteiger partial charge in [0.05, 0.1) is 18.4 Å². The number of hydrogen-bond donors (Lipinski definition) is 2. The van der Waals surface area contributed by atoms with E-state index in [-0.39, 0.29) is 18.4 Å². The highest BCUT2D eigenvalue weighted by Crippen LogP contribution is 2.09. The fourth-order valence-corrected chi connectivity index (χ4v) is 2.25. The first-order valence-electron chi connectivity index (χ1n) is 7.21. The SMILES string of the molecule is CCNC(=O)NC(=O)CN1CCN(C(=O)c2ccoc2)CC1. The fourth-order valence-electron chi connectivity index (χ4n) is 2.25. The predicted molar refractivity (Wildman–Crippen MR) is 78.3 cm³/mol. The van der Waals surface area contributed by atoms with Gasteiger partial charge >= 0.3 is 6.03 Å². The maximum absolute atomic E-state index is 12.1. The van der Waals surface area contributed by atoms with Gasteiger partial charge in [0.25, 0.3) is 5.91 Å². The zero-order valence-electron chi connectivity index (χ0n) is 12.5. The summed E-state index contributed by atoms with van der Waals surface area (Å²) >= 11 is 0. The molecule has 1 saturated heterocycles. The molecule has 0 spiro atoms. The van der Waals surface area contributed by atoms with E-state index in [1.807, 2.05) is 4.90 Å². The fraction of sp³-hybridized carbons (Fsp3) is 0.500. The lowest BCUT2D eigenvalue weighted by atomic mass is 10.2. The number of furan rings is 1. The molecule has 0 bridgehead atoms. The number of imide groups is 1. The smallest absolute Gasteiger partial charge is 0.321 e. The second kappa shape index (κ2) is 7.60. The highest BCUT2D eigenvalue weighted by Gasteiger charge is 2.24. The molecule has 120 valence electrons. The van der Waals surface area contributed by atoms with Crippen molar-refractivity contribution in [2.24, 2.45) is 0 Å². The maximum atomic E-state index is 12.1. The Morgan fingerprint density at radius 1 is 1.23 bits per heavy atom. The molecular formula is C14H20N4O4. The Balaban J connectivity index is 1.74. The maximum Gasteiger partial charge on any atom is 0.321 e. The summed E-state index contributed by atoms with van der Waals surface area (Å²) in [6, 6.07) is 1.15. The van der Waals surface area contributed by atoms with Gasteiger partial charge in [-0.1, -0.05) is 0 Å². The number of urea groups is 1. The van der Waals surface area contributed by atoms with Crippen molar-refractivity contribution >= 4 is 17.8 Å². The number of hydrogen-bond acceptors (Lipinski definition) is 5. The van der Waals surface area contributed by atoms with Crippen molar-refractivity contribution in [3.05, 3.63) is 24.2 Å². The molecule has 0 aromatic carbocycles. The molecule has 1 aromatic rings. The van der Waals surface area contributed by atoms with E-state index in [9.17, 15) is 14.4 Å². The minimum atomic E-state index is -0.485. The van der Waals surface area contributed by atoms with Crippen molar-refractivity contribution in [1.82, 2.24) is 20.4 Å². The van der Waals surface area contributed by atoms with E-state index in [4.69, 9.17) is 4.42 Å². The van der Waals surface area contributed by atoms with Crippen molar-refractivity contribution in [1.29, 1.82) is 0 Å². The molecule has 0 radical (unpaired) electrons. The van der Waals surface area contributed by atoms with E-state index in [0.717, 1.165) is 0 Å². The summed E-state index contributed by atoms with van der Waals surface area (Å²) in [6.07, 6.45) is 2.89. The minimum Gasteiger partial charge on any atom is -0.472 e. The summed E-state index contributed by atoms with van der Waals surface area (Å²) in [5.74, 6) is -0.416. The Kier molecular flexibility index (Phi) is 5.54. The van der Waals surface area contributed by atoms with Gasteiger partial charge in [0, 0.05) is 32.7 Å². The number of amides is 4. The van der Waals surface area contributed by atoms with Crippen LogP contribution in [0.2, 0.25) is 0 Å². The number of piperazine rings is 1. The van der Waals surface area contributed by atoms with Gasteiger partial charge in [0.1, 0.15) is 6.26 Å². The number of nitrogens with zero attached hydrogens (tertiary/aromatic N) is 2. The number of carbonyl (C=O) groups is 3. The van der Waals surface area contributed by atoms with Crippen molar-refractivity contribution < 1.29 is 18.8 Å². The van der Waals surface area contributed by atoms with Crippen LogP contribution < -0.4 is 10.6 Å². The summed E-state index contributed by atoms with van der Waals surface area (Å²) in [7, 11) is 0. The van der Waals surface area contributed by atoms with Crippen LogP contribution in [0.3, 0.4) is 0 Å². The second-order valence-electron chi connectivity index (χ2n) is 4.99. The average Bonchev–Trinajstić information content (AvgIpc) is 3.01. The molecule has 8 heteroatoms. The molecule has 2 heterocycles. The van der Waals surface area contributed by atoms with Crippen LogP contribution in [0.1, 0.15) is 17.3 Å². The summed E-state index contributed by atoms with van der Waals surface area (Å²) in [6.45, 7) is 4.65. The third-order valence-electron chi connectivity index (χ3n) is 3.39. The van der Waals surface area contributed by atoms with E-state index in [1.54, 1.807) is 17.9 Å². The van der Waals surface area contributed by atoms with E-state index >= 15 is 0 Å². The first-order valence-corrected chi connectivity index (χ1v) is 7.21. The largest absolute Gasteiger partial charge is 0.472 e. The summed E-state index contributed by atoms with van der Waals surface area (Å²) in [5.41, 5.74) is 0.530. The number of nitrogens with one attached hydrogen (secondary N) is 2. The summed E-state index contributed by atoms with van der Waals surface area (Å²) < 4.78 is 4.91.